The van der Waals surface area contributed by atoms with Crippen LogP contribution < -0.4 is 14.8 Å². The zero-order chi connectivity index (χ0) is 22.9. The normalized spacial score (nSPS) is 12.5. The van der Waals surface area contributed by atoms with Crippen LogP contribution in [0.3, 0.4) is 0 Å². The molecule has 1 unspecified atom stereocenters. The highest BCUT2D eigenvalue weighted by Crippen LogP contribution is 2.29. The van der Waals surface area contributed by atoms with E-state index >= 15 is 0 Å². The first-order valence-corrected chi connectivity index (χ1v) is 11.2. The minimum absolute atomic E-state index is 0. The lowest BCUT2D eigenvalue weighted by atomic mass is 10.1. The fourth-order valence-corrected chi connectivity index (χ4v) is 3.66. The Hall–Kier alpha value is -3.09. The third kappa shape index (κ3) is 7.20. The quantitative estimate of drug-likeness (QED) is 0.283. The van der Waals surface area contributed by atoms with Crippen molar-refractivity contribution in [3.63, 3.8) is 0 Å². The van der Waals surface area contributed by atoms with Crippen molar-refractivity contribution in [2.24, 2.45) is 0 Å². The van der Waals surface area contributed by atoms with Crippen molar-refractivity contribution < 1.29 is 19.7 Å². The maximum absolute atomic E-state index is 10.2. The Morgan fingerprint density at radius 1 is 0.765 bits per heavy atom. The standard InChI is InChI=1S/C28H29NO4.ClH/c30-19-23(29-18-24(31)20-32-25-9-2-1-3-10-25)17-21-13-15-26(16-14-21)33-28-12-6-8-22-7-4-5-11-27(22)28;/h1-16,23-24,29-31H,17-20H2;1H/t23-,24?;/m0./s1. The van der Waals surface area contributed by atoms with E-state index in [0.717, 1.165) is 33.6 Å². The van der Waals surface area contributed by atoms with Crippen LogP contribution in [0.5, 0.6) is 17.2 Å². The van der Waals surface area contributed by atoms with Crippen LogP contribution >= 0.6 is 12.4 Å². The third-order valence-corrected chi connectivity index (χ3v) is 5.43. The smallest absolute Gasteiger partial charge is 0.135 e. The Bertz CT molecular complexity index is 1130. The first kappa shape index (κ1) is 25.5. The fraction of sp³-hybridized carbons (Fsp3) is 0.214. The molecule has 0 aliphatic carbocycles. The lowest BCUT2D eigenvalue weighted by Crippen LogP contribution is -2.41. The van der Waals surface area contributed by atoms with Gasteiger partial charge in [-0.05, 0) is 47.7 Å². The molecule has 5 nitrogen and oxygen atoms in total. The number of para-hydroxylation sites is 1. The van der Waals surface area contributed by atoms with Crippen molar-refractivity contribution in [2.45, 2.75) is 18.6 Å². The number of aliphatic hydroxyl groups is 2. The molecule has 0 bridgehead atoms. The Labute approximate surface area is 206 Å². The number of hydrogen-bond donors (Lipinski definition) is 3. The molecule has 0 radical (unpaired) electrons. The second kappa shape index (κ2) is 13.0. The first-order valence-electron chi connectivity index (χ1n) is 11.2. The second-order valence-corrected chi connectivity index (χ2v) is 7.99. The summed E-state index contributed by atoms with van der Waals surface area (Å²) in [4.78, 5) is 0. The zero-order valence-electron chi connectivity index (χ0n) is 18.8. The molecule has 34 heavy (non-hydrogen) atoms. The van der Waals surface area contributed by atoms with Gasteiger partial charge < -0.3 is 25.0 Å². The molecule has 0 heterocycles. The largest absolute Gasteiger partial charge is 0.491 e. The highest BCUT2D eigenvalue weighted by molar-refractivity contribution is 5.88. The minimum atomic E-state index is -0.671. The van der Waals surface area contributed by atoms with Gasteiger partial charge in [-0.1, -0.05) is 66.7 Å². The second-order valence-electron chi connectivity index (χ2n) is 7.99. The van der Waals surface area contributed by atoms with E-state index in [9.17, 15) is 10.2 Å². The first-order chi connectivity index (χ1) is 16.2. The Morgan fingerprint density at radius 2 is 1.47 bits per heavy atom. The van der Waals surface area contributed by atoms with Gasteiger partial charge in [-0.25, -0.2) is 0 Å². The zero-order valence-corrected chi connectivity index (χ0v) is 19.7. The molecule has 0 amide bonds. The molecule has 4 aromatic carbocycles. The Balaban J connectivity index is 0.00000324. The fourth-order valence-electron chi connectivity index (χ4n) is 3.66. The summed E-state index contributed by atoms with van der Waals surface area (Å²) in [5.41, 5.74) is 1.07. The minimum Gasteiger partial charge on any atom is -0.491 e. The molecular weight excluding hydrogens is 450 g/mol. The van der Waals surface area contributed by atoms with Crippen LogP contribution in [0, 0.1) is 0 Å². The number of fused-ring (bicyclic) bond motifs is 1. The van der Waals surface area contributed by atoms with E-state index in [-0.39, 0.29) is 31.7 Å². The van der Waals surface area contributed by atoms with Crippen LogP contribution in [0.15, 0.2) is 97.1 Å². The molecule has 3 N–H and O–H groups in total. The monoisotopic (exact) mass is 479 g/mol. The van der Waals surface area contributed by atoms with E-state index in [1.807, 2.05) is 78.9 Å². The van der Waals surface area contributed by atoms with Crippen LogP contribution in [0.2, 0.25) is 0 Å². The van der Waals surface area contributed by atoms with Gasteiger partial charge in [0.2, 0.25) is 0 Å². The number of ether oxygens (including phenoxy) is 2. The summed E-state index contributed by atoms with van der Waals surface area (Å²) in [6, 6.07) is 31.3. The lowest BCUT2D eigenvalue weighted by Gasteiger charge is -2.19. The average molecular weight is 480 g/mol. The molecule has 0 aliphatic rings. The molecule has 0 aromatic heterocycles. The van der Waals surface area contributed by atoms with Gasteiger partial charge in [0, 0.05) is 18.0 Å². The number of rotatable bonds is 11. The van der Waals surface area contributed by atoms with Crippen molar-refractivity contribution >= 4 is 23.2 Å². The third-order valence-electron chi connectivity index (χ3n) is 5.43. The number of halogens is 1. The van der Waals surface area contributed by atoms with Crippen molar-refractivity contribution in [1.82, 2.24) is 5.32 Å². The summed E-state index contributed by atoms with van der Waals surface area (Å²) < 4.78 is 11.7. The van der Waals surface area contributed by atoms with Gasteiger partial charge in [0.25, 0.3) is 0 Å². The summed E-state index contributed by atoms with van der Waals surface area (Å²) >= 11 is 0. The van der Waals surface area contributed by atoms with Gasteiger partial charge in [0.1, 0.15) is 30.0 Å². The van der Waals surface area contributed by atoms with E-state index in [1.54, 1.807) is 0 Å². The summed E-state index contributed by atoms with van der Waals surface area (Å²) in [6.07, 6.45) is -0.0344. The maximum atomic E-state index is 10.2. The Kier molecular flexibility index (Phi) is 9.74. The molecule has 2 atom stereocenters. The predicted octanol–water partition coefficient (Wildman–Crippen LogP) is 4.99. The van der Waals surface area contributed by atoms with Gasteiger partial charge in [-0.15, -0.1) is 12.4 Å². The maximum Gasteiger partial charge on any atom is 0.135 e. The van der Waals surface area contributed by atoms with Crippen LogP contribution in [0.4, 0.5) is 0 Å². The van der Waals surface area contributed by atoms with E-state index < -0.39 is 6.10 Å². The molecule has 0 saturated heterocycles. The van der Waals surface area contributed by atoms with Crippen molar-refractivity contribution in [1.29, 1.82) is 0 Å². The van der Waals surface area contributed by atoms with Gasteiger partial charge in [0.15, 0.2) is 0 Å². The van der Waals surface area contributed by atoms with E-state index in [4.69, 9.17) is 9.47 Å². The van der Waals surface area contributed by atoms with Crippen molar-refractivity contribution in [3.05, 3.63) is 103 Å². The SMILES string of the molecule is Cl.OC[C@H](Cc1ccc(Oc2cccc3ccccc23)cc1)NCC(O)COc1ccccc1. The van der Waals surface area contributed by atoms with Crippen LogP contribution in [-0.2, 0) is 6.42 Å². The van der Waals surface area contributed by atoms with Gasteiger partial charge in [-0.2, -0.15) is 0 Å². The number of hydrogen-bond acceptors (Lipinski definition) is 5. The number of benzene rings is 4. The molecule has 0 fully saturated rings. The molecule has 6 heteroatoms. The summed E-state index contributed by atoms with van der Waals surface area (Å²) in [7, 11) is 0. The topological polar surface area (TPSA) is 71.0 Å². The van der Waals surface area contributed by atoms with Crippen LogP contribution in [0.1, 0.15) is 5.56 Å². The van der Waals surface area contributed by atoms with Crippen LogP contribution in [0.25, 0.3) is 10.8 Å². The predicted molar refractivity (Wildman–Crippen MR) is 138 cm³/mol. The van der Waals surface area contributed by atoms with Crippen molar-refractivity contribution in [3.8, 4) is 17.2 Å². The number of nitrogens with one attached hydrogen (secondary N) is 1. The van der Waals surface area contributed by atoms with E-state index in [1.165, 1.54) is 0 Å². The molecule has 0 saturated carbocycles. The molecule has 0 spiro atoms. The molecule has 4 rings (SSSR count). The van der Waals surface area contributed by atoms with Gasteiger partial charge in [0.05, 0.1) is 6.61 Å². The molecular formula is C28H30ClNO4. The highest BCUT2D eigenvalue weighted by Gasteiger charge is 2.12. The Morgan fingerprint density at radius 3 is 2.24 bits per heavy atom. The van der Waals surface area contributed by atoms with Gasteiger partial charge in [-0.3, -0.25) is 0 Å². The summed E-state index contributed by atoms with van der Waals surface area (Å²) in [6.45, 7) is 0.496. The highest BCUT2D eigenvalue weighted by atomic mass is 35.5. The summed E-state index contributed by atoms with van der Waals surface area (Å²) in [5, 5.41) is 25.4. The molecule has 0 aliphatic heterocycles. The van der Waals surface area contributed by atoms with Crippen molar-refractivity contribution in [2.75, 3.05) is 19.8 Å². The molecule has 4 aromatic rings. The lowest BCUT2D eigenvalue weighted by molar-refractivity contribution is 0.0997. The van der Waals surface area contributed by atoms with Crippen LogP contribution in [-0.4, -0.2) is 42.1 Å². The average Bonchev–Trinajstić information content (AvgIpc) is 2.87. The van der Waals surface area contributed by atoms with Gasteiger partial charge >= 0.3 is 0 Å². The molecule has 178 valence electrons. The number of aliphatic hydroxyl groups excluding tert-OH is 2. The van der Waals surface area contributed by atoms with E-state index in [2.05, 4.69) is 23.5 Å². The van der Waals surface area contributed by atoms with E-state index in [0.29, 0.717) is 13.0 Å². The summed E-state index contributed by atoms with van der Waals surface area (Å²) in [5.74, 6) is 2.31.